The predicted octanol–water partition coefficient (Wildman–Crippen LogP) is 2.21. The molecule has 0 aliphatic rings. The van der Waals surface area contributed by atoms with E-state index in [0.29, 0.717) is 19.5 Å². The van der Waals surface area contributed by atoms with Gasteiger partial charge in [-0.25, -0.2) is 0 Å². The average molecular weight is 453 g/mol. The Morgan fingerprint density at radius 1 is 0.839 bits per heavy atom. The summed E-state index contributed by atoms with van der Waals surface area (Å²) in [5.41, 5.74) is 0. The number of nitrogens with one attached hydrogen (secondary N) is 1. The SMILES string of the molecule is CCCCCCCCCCCCCCCCCC(=O)NCCN(CC(=O)O)C(C)O.[H-].[Na+]. The molecule has 6 nitrogen and oxygen atoms in total. The number of rotatable bonds is 22. The molecule has 0 saturated heterocycles. The van der Waals surface area contributed by atoms with E-state index in [1.165, 1.54) is 95.3 Å². The molecule has 7 heteroatoms. The number of hydrogen-bond acceptors (Lipinski definition) is 4. The Morgan fingerprint density at radius 2 is 1.26 bits per heavy atom. The number of aliphatic hydroxyl groups excluding tert-OH is 1. The second-order valence-corrected chi connectivity index (χ2v) is 8.55. The van der Waals surface area contributed by atoms with Crippen molar-refractivity contribution in [2.24, 2.45) is 0 Å². The molecular weight excluding hydrogens is 403 g/mol. The zero-order valence-electron chi connectivity index (χ0n) is 21.7. The molecule has 180 valence electrons. The van der Waals surface area contributed by atoms with Gasteiger partial charge in [0.05, 0.1) is 6.54 Å². The number of carboxylic acid groups (broad SMARTS) is 1. The van der Waals surface area contributed by atoms with Crippen molar-refractivity contribution in [3.8, 4) is 0 Å². The maximum Gasteiger partial charge on any atom is 1.00 e. The van der Waals surface area contributed by atoms with Gasteiger partial charge in [0.1, 0.15) is 6.23 Å². The number of hydrogen-bond donors (Lipinski definition) is 3. The molecule has 0 bridgehead atoms. The first-order chi connectivity index (χ1) is 14.5. The van der Waals surface area contributed by atoms with Gasteiger partial charge in [0.25, 0.3) is 0 Å². The maximum atomic E-state index is 11.8. The van der Waals surface area contributed by atoms with E-state index >= 15 is 0 Å². The zero-order chi connectivity index (χ0) is 22.5. The minimum absolute atomic E-state index is 0. The average Bonchev–Trinajstić information content (AvgIpc) is 2.69. The van der Waals surface area contributed by atoms with Gasteiger partial charge in [-0.1, -0.05) is 96.8 Å². The van der Waals surface area contributed by atoms with Crippen LogP contribution in [0, 0.1) is 0 Å². The third-order valence-corrected chi connectivity index (χ3v) is 5.60. The van der Waals surface area contributed by atoms with Gasteiger partial charge in [0, 0.05) is 19.5 Å². The van der Waals surface area contributed by atoms with E-state index in [-0.39, 0.29) is 43.4 Å². The summed E-state index contributed by atoms with van der Waals surface area (Å²) in [6.45, 7) is 4.25. The first kappa shape index (κ1) is 33.0. The quantitative estimate of drug-likeness (QED) is 0.133. The molecule has 0 saturated carbocycles. The Bertz CT molecular complexity index is 429. The summed E-state index contributed by atoms with van der Waals surface area (Å²) in [5, 5.41) is 21.1. The smallest absolute Gasteiger partial charge is 1.00 e. The number of amides is 1. The van der Waals surface area contributed by atoms with E-state index in [9.17, 15) is 14.7 Å². The third-order valence-electron chi connectivity index (χ3n) is 5.60. The van der Waals surface area contributed by atoms with Crippen molar-refractivity contribution >= 4 is 11.9 Å². The van der Waals surface area contributed by atoms with Crippen LogP contribution in [0.25, 0.3) is 0 Å². The molecule has 1 amide bonds. The van der Waals surface area contributed by atoms with Crippen molar-refractivity contribution in [1.29, 1.82) is 0 Å². The largest absolute Gasteiger partial charge is 1.00 e. The second-order valence-electron chi connectivity index (χ2n) is 8.55. The fraction of sp³-hybridized carbons (Fsp3) is 0.917. The fourth-order valence-corrected chi connectivity index (χ4v) is 3.66. The molecule has 0 spiro atoms. The number of aliphatic hydroxyl groups is 1. The molecule has 0 heterocycles. The standard InChI is InChI=1S/C24H48N2O4.Na.H/c1-3-4-5-6-7-8-9-10-11-12-13-14-15-16-17-18-23(28)25-19-20-26(22(2)27)21-24(29)30;;/h22,27H,3-21H2,1-2H3,(H,25,28)(H,29,30);;/q;+1;-1. The van der Waals surface area contributed by atoms with Crippen molar-refractivity contribution in [3.63, 3.8) is 0 Å². The fourth-order valence-electron chi connectivity index (χ4n) is 3.66. The molecule has 0 aromatic heterocycles. The monoisotopic (exact) mass is 452 g/mol. The minimum atomic E-state index is -0.986. The first-order valence-corrected chi connectivity index (χ1v) is 12.4. The van der Waals surface area contributed by atoms with Crippen molar-refractivity contribution in [1.82, 2.24) is 10.2 Å². The molecule has 31 heavy (non-hydrogen) atoms. The molecule has 1 atom stereocenters. The van der Waals surface area contributed by atoms with Gasteiger partial charge in [-0.2, -0.15) is 0 Å². The van der Waals surface area contributed by atoms with Gasteiger partial charge in [-0.15, -0.1) is 0 Å². The number of carbonyl (C=O) groups excluding carboxylic acids is 1. The van der Waals surface area contributed by atoms with Crippen LogP contribution in [0.1, 0.15) is 118 Å². The Morgan fingerprint density at radius 3 is 1.65 bits per heavy atom. The van der Waals surface area contributed by atoms with Crippen molar-refractivity contribution in [3.05, 3.63) is 0 Å². The Labute approximate surface area is 214 Å². The van der Waals surface area contributed by atoms with Gasteiger partial charge in [-0.05, 0) is 13.3 Å². The summed E-state index contributed by atoms with van der Waals surface area (Å²) in [6.07, 6.45) is 19.3. The molecule has 0 rings (SSSR count). The van der Waals surface area contributed by atoms with Crippen LogP contribution in [0.4, 0.5) is 0 Å². The van der Waals surface area contributed by atoms with Crippen LogP contribution in [0.5, 0.6) is 0 Å². The summed E-state index contributed by atoms with van der Waals surface area (Å²) in [6, 6.07) is 0. The van der Waals surface area contributed by atoms with E-state index < -0.39 is 12.2 Å². The van der Waals surface area contributed by atoms with Crippen LogP contribution < -0.4 is 34.9 Å². The summed E-state index contributed by atoms with van der Waals surface area (Å²) in [5.74, 6) is -0.981. The van der Waals surface area contributed by atoms with Crippen LogP contribution in [-0.4, -0.2) is 52.9 Å². The number of carbonyl (C=O) groups is 2. The third kappa shape index (κ3) is 24.3. The molecule has 3 N–H and O–H groups in total. The van der Waals surface area contributed by atoms with Crippen molar-refractivity contribution in [2.75, 3.05) is 19.6 Å². The van der Waals surface area contributed by atoms with E-state index in [4.69, 9.17) is 5.11 Å². The molecule has 1 unspecified atom stereocenters. The zero-order valence-corrected chi connectivity index (χ0v) is 22.7. The Balaban J connectivity index is -0.00000420. The van der Waals surface area contributed by atoms with Gasteiger partial charge >= 0.3 is 35.5 Å². The predicted molar refractivity (Wildman–Crippen MR) is 125 cm³/mol. The van der Waals surface area contributed by atoms with Crippen molar-refractivity contribution < 1.29 is 50.8 Å². The Kier molecular flexibility index (Phi) is 26.1. The van der Waals surface area contributed by atoms with Crippen LogP contribution in [-0.2, 0) is 9.59 Å². The van der Waals surface area contributed by atoms with E-state index in [1.807, 2.05) is 0 Å². The molecular formula is C24H49N2NaO4. The summed E-state index contributed by atoms with van der Waals surface area (Å²) in [4.78, 5) is 24.0. The number of nitrogens with zero attached hydrogens (tertiary/aromatic N) is 1. The summed E-state index contributed by atoms with van der Waals surface area (Å²) in [7, 11) is 0. The molecule has 0 radical (unpaired) electrons. The van der Waals surface area contributed by atoms with Gasteiger partial charge < -0.3 is 17.0 Å². The summed E-state index contributed by atoms with van der Waals surface area (Å²) < 4.78 is 0. The molecule has 0 aromatic rings. The van der Waals surface area contributed by atoms with E-state index in [0.717, 1.165) is 12.8 Å². The minimum Gasteiger partial charge on any atom is -1.00 e. The molecule has 0 aliphatic carbocycles. The number of carboxylic acids is 1. The van der Waals surface area contributed by atoms with Crippen LogP contribution in [0.3, 0.4) is 0 Å². The normalized spacial score (nSPS) is 11.9. The van der Waals surface area contributed by atoms with Crippen LogP contribution in [0.15, 0.2) is 0 Å². The van der Waals surface area contributed by atoms with Crippen molar-refractivity contribution in [2.45, 2.75) is 123 Å². The topological polar surface area (TPSA) is 89.9 Å². The molecule has 0 aromatic carbocycles. The molecule has 0 aliphatic heterocycles. The summed E-state index contributed by atoms with van der Waals surface area (Å²) >= 11 is 0. The number of aliphatic carboxylic acids is 1. The maximum absolute atomic E-state index is 11.8. The van der Waals surface area contributed by atoms with E-state index in [1.54, 1.807) is 0 Å². The Hall–Kier alpha value is -0.140. The van der Waals surface area contributed by atoms with E-state index in [2.05, 4.69) is 12.2 Å². The van der Waals surface area contributed by atoms with Gasteiger partial charge in [0.2, 0.25) is 5.91 Å². The van der Waals surface area contributed by atoms with Crippen LogP contribution in [0.2, 0.25) is 0 Å². The second kappa shape index (κ2) is 24.5. The van der Waals surface area contributed by atoms with Gasteiger partial charge in [-0.3, -0.25) is 14.5 Å². The first-order valence-electron chi connectivity index (χ1n) is 12.4. The molecule has 0 fully saturated rings. The van der Waals surface area contributed by atoms with Crippen LogP contribution >= 0.6 is 0 Å². The van der Waals surface area contributed by atoms with Gasteiger partial charge in [0.15, 0.2) is 0 Å². The number of unbranched alkanes of at least 4 members (excludes halogenated alkanes) is 14.